The van der Waals surface area contributed by atoms with Gasteiger partial charge in [0.15, 0.2) is 21.4 Å². The van der Waals surface area contributed by atoms with Crippen LogP contribution in [0.4, 0.5) is 15.8 Å². The zero-order chi connectivity index (χ0) is 23.5. The SMILES string of the molecule is CCOc1cc(N2C(=O)C(C)(C)c3cc(C(=O)CC4(C)CS(=O)(=O)C4)ccc32)c(F)cn1. The van der Waals surface area contributed by atoms with E-state index in [2.05, 4.69) is 4.98 Å². The van der Waals surface area contributed by atoms with Crippen LogP contribution in [0.5, 0.6) is 5.88 Å². The second kappa shape index (κ2) is 7.37. The number of ether oxygens (including phenoxy) is 1. The number of halogens is 1. The molecule has 1 aromatic heterocycles. The van der Waals surface area contributed by atoms with Gasteiger partial charge in [0.25, 0.3) is 0 Å². The van der Waals surface area contributed by atoms with Gasteiger partial charge in [0.1, 0.15) is 0 Å². The number of rotatable bonds is 6. The van der Waals surface area contributed by atoms with Crippen LogP contribution >= 0.6 is 0 Å². The number of Topliss-reactive ketones (excluding diaryl/α,β-unsaturated/α-hetero) is 1. The maximum absolute atomic E-state index is 14.7. The molecule has 1 saturated heterocycles. The van der Waals surface area contributed by atoms with Crippen molar-refractivity contribution in [2.24, 2.45) is 5.41 Å². The van der Waals surface area contributed by atoms with Crippen molar-refractivity contribution in [3.63, 3.8) is 0 Å². The first-order valence-corrected chi connectivity index (χ1v) is 12.2. The van der Waals surface area contributed by atoms with E-state index in [0.717, 1.165) is 6.20 Å². The van der Waals surface area contributed by atoms with E-state index in [4.69, 9.17) is 4.74 Å². The number of carbonyl (C=O) groups excluding carboxylic acids is 2. The molecule has 1 amide bonds. The van der Waals surface area contributed by atoms with Gasteiger partial charge in [0.05, 0.1) is 41.1 Å². The second-order valence-corrected chi connectivity index (χ2v) is 11.4. The molecule has 1 fully saturated rings. The van der Waals surface area contributed by atoms with Gasteiger partial charge in [-0.05, 0) is 44.5 Å². The summed E-state index contributed by atoms with van der Waals surface area (Å²) >= 11 is 0. The molecule has 4 rings (SSSR count). The number of aromatic nitrogens is 1. The van der Waals surface area contributed by atoms with Crippen LogP contribution in [-0.2, 0) is 20.0 Å². The highest BCUT2D eigenvalue weighted by molar-refractivity contribution is 7.92. The van der Waals surface area contributed by atoms with Gasteiger partial charge in [0, 0.05) is 23.5 Å². The highest BCUT2D eigenvalue weighted by Crippen LogP contribution is 2.47. The lowest BCUT2D eigenvalue weighted by Crippen LogP contribution is -2.47. The topological polar surface area (TPSA) is 93.6 Å². The maximum Gasteiger partial charge on any atom is 0.241 e. The van der Waals surface area contributed by atoms with Crippen LogP contribution in [0.3, 0.4) is 0 Å². The number of hydrogen-bond donors (Lipinski definition) is 0. The molecule has 3 heterocycles. The number of fused-ring (bicyclic) bond motifs is 1. The Hall–Kier alpha value is -2.81. The van der Waals surface area contributed by atoms with Crippen molar-refractivity contribution in [2.45, 2.75) is 39.5 Å². The molecule has 0 radical (unpaired) electrons. The molecule has 7 nitrogen and oxygen atoms in total. The minimum atomic E-state index is -3.06. The molecule has 0 unspecified atom stereocenters. The van der Waals surface area contributed by atoms with E-state index in [0.29, 0.717) is 23.4 Å². The van der Waals surface area contributed by atoms with Gasteiger partial charge in [-0.1, -0.05) is 6.92 Å². The molecule has 0 spiro atoms. The Bertz CT molecular complexity index is 1230. The lowest BCUT2D eigenvalue weighted by atomic mass is 9.83. The van der Waals surface area contributed by atoms with E-state index in [9.17, 15) is 22.4 Å². The zero-order valence-electron chi connectivity index (χ0n) is 18.4. The van der Waals surface area contributed by atoms with Crippen LogP contribution in [0.1, 0.15) is 50.0 Å². The summed E-state index contributed by atoms with van der Waals surface area (Å²) in [6.45, 7) is 7.37. The number of carbonyl (C=O) groups is 2. The third-order valence-electron chi connectivity index (χ3n) is 6.04. The van der Waals surface area contributed by atoms with Crippen LogP contribution < -0.4 is 9.64 Å². The standard InChI is InChI=1S/C23H25FN2O5S/c1-5-31-20-9-18(16(24)11-25-20)26-17-7-6-14(8-15(17)22(2,3)21(26)28)19(27)10-23(4)12-32(29,30)13-23/h6-9,11H,5,10,12-13H2,1-4H3. The van der Waals surface area contributed by atoms with Gasteiger partial charge >= 0.3 is 0 Å². The lowest BCUT2D eigenvalue weighted by Gasteiger charge is -2.37. The summed E-state index contributed by atoms with van der Waals surface area (Å²) in [5, 5.41) is 0. The Morgan fingerprint density at radius 1 is 1.19 bits per heavy atom. The largest absolute Gasteiger partial charge is 0.478 e. The van der Waals surface area contributed by atoms with Crippen LogP contribution in [0.25, 0.3) is 0 Å². The van der Waals surface area contributed by atoms with E-state index >= 15 is 0 Å². The van der Waals surface area contributed by atoms with Gasteiger partial charge in [-0.25, -0.2) is 17.8 Å². The Morgan fingerprint density at radius 2 is 1.88 bits per heavy atom. The Kier molecular flexibility index (Phi) is 5.15. The summed E-state index contributed by atoms with van der Waals surface area (Å²) < 4.78 is 43.1. The molecule has 2 aromatic rings. The lowest BCUT2D eigenvalue weighted by molar-refractivity contribution is -0.121. The number of sulfone groups is 1. The average Bonchev–Trinajstić information content (AvgIpc) is 2.87. The van der Waals surface area contributed by atoms with Gasteiger partial charge in [-0.3, -0.25) is 14.5 Å². The first-order chi connectivity index (χ1) is 14.9. The van der Waals surface area contributed by atoms with Gasteiger partial charge in [-0.15, -0.1) is 0 Å². The van der Waals surface area contributed by atoms with Crippen molar-refractivity contribution in [1.29, 1.82) is 0 Å². The van der Waals surface area contributed by atoms with E-state index in [1.54, 1.807) is 45.9 Å². The molecule has 2 aliphatic rings. The Morgan fingerprint density at radius 3 is 2.50 bits per heavy atom. The first kappa shape index (κ1) is 22.4. The number of pyridine rings is 1. The molecule has 2 aliphatic heterocycles. The summed E-state index contributed by atoms with van der Waals surface area (Å²) in [5.74, 6) is -0.971. The summed E-state index contributed by atoms with van der Waals surface area (Å²) in [5.41, 5.74) is -0.0249. The zero-order valence-corrected chi connectivity index (χ0v) is 19.3. The molecule has 1 aromatic carbocycles. The fraction of sp³-hybridized carbons (Fsp3) is 0.435. The first-order valence-electron chi connectivity index (χ1n) is 10.4. The van der Waals surface area contributed by atoms with Crippen molar-refractivity contribution in [1.82, 2.24) is 4.98 Å². The van der Waals surface area contributed by atoms with Crippen LogP contribution in [0, 0.1) is 11.2 Å². The van der Waals surface area contributed by atoms with Crippen molar-refractivity contribution in [2.75, 3.05) is 23.0 Å². The predicted octanol–water partition coefficient (Wildman–Crippen LogP) is 3.58. The van der Waals surface area contributed by atoms with E-state index in [1.807, 2.05) is 0 Å². The van der Waals surface area contributed by atoms with Gasteiger partial charge in [-0.2, -0.15) is 0 Å². The van der Waals surface area contributed by atoms with Crippen molar-refractivity contribution in [3.05, 3.63) is 47.4 Å². The molecule has 170 valence electrons. The molecule has 9 heteroatoms. The number of amides is 1. The molecule has 32 heavy (non-hydrogen) atoms. The van der Waals surface area contributed by atoms with Crippen LogP contribution in [-0.4, -0.2) is 43.2 Å². The average molecular weight is 461 g/mol. The van der Waals surface area contributed by atoms with Crippen LogP contribution in [0.2, 0.25) is 0 Å². The minimum Gasteiger partial charge on any atom is -0.478 e. The third-order valence-corrected chi connectivity index (χ3v) is 8.31. The monoisotopic (exact) mass is 460 g/mol. The Labute approximate surface area is 186 Å². The number of anilines is 2. The highest BCUT2D eigenvalue weighted by Gasteiger charge is 2.47. The summed E-state index contributed by atoms with van der Waals surface area (Å²) in [4.78, 5) is 31.4. The quantitative estimate of drug-likeness (QED) is 0.612. The molecule has 0 saturated carbocycles. The number of hydrogen-bond acceptors (Lipinski definition) is 6. The minimum absolute atomic E-state index is 0.00206. The second-order valence-electron chi connectivity index (χ2n) is 9.35. The fourth-order valence-corrected chi connectivity index (χ4v) is 6.81. The molecule has 0 atom stereocenters. The Balaban J connectivity index is 1.70. The predicted molar refractivity (Wildman–Crippen MR) is 118 cm³/mol. The fourth-order valence-electron chi connectivity index (χ4n) is 4.57. The normalized spacial score (nSPS) is 19.9. The summed E-state index contributed by atoms with van der Waals surface area (Å²) in [6, 6.07) is 6.28. The molecule has 0 aliphatic carbocycles. The van der Waals surface area contributed by atoms with Gasteiger partial charge < -0.3 is 4.74 Å². The van der Waals surface area contributed by atoms with E-state index in [1.165, 1.54) is 11.0 Å². The van der Waals surface area contributed by atoms with E-state index in [-0.39, 0.29) is 41.2 Å². The molecule has 0 N–H and O–H groups in total. The van der Waals surface area contributed by atoms with Crippen LogP contribution in [0.15, 0.2) is 30.5 Å². The maximum atomic E-state index is 14.7. The summed E-state index contributed by atoms with van der Waals surface area (Å²) in [7, 11) is -3.06. The third kappa shape index (κ3) is 3.68. The molecular formula is C23H25FN2O5S. The number of ketones is 1. The number of benzene rings is 1. The van der Waals surface area contributed by atoms with Crippen molar-refractivity contribution < 1.29 is 27.1 Å². The van der Waals surface area contributed by atoms with Gasteiger partial charge in [0.2, 0.25) is 11.8 Å². The van der Waals surface area contributed by atoms with Crippen molar-refractivity contribution in [3.8, 4) is 5.88 Å². The molecular weight excluding hydrogens is 435 g/mol. The van der Waals surface area contributed by atoms with E-state index < -0.39 is 26.5 Å². The number of nitrogens with zero attached hydrogens (tertiary/aromatic N) is 2. The van der Waals surface area contributed by atoms with Crippen molar-refractivity contribution >= 4 is 32.9 Å². The summed E-state index contributed by atoms with van der Waals surface area (Å²) in [6.07, 6.45) is 1.13. The highest BCUT2D eigenvalue weighted by atomic mass is 32.2. The smallest absolute Gasteiger partial charge is 0.241 e. The molecule has 0 bridgehead atoms.